The number of hydrogen-bond donors (Lipinski definition) is 1. The van der Waals surface area contributed by atoms with Crippen LogP contribution in [0.5, 0.6) is 0 Å². The third-order valence-corrected chi connectivity index (χ3v) is 2.19. The molecule has 4 nitrogen and oxygen atoms in total. The standard InChI is InChI=1S/C10H12N2O2/c1-7-6-12(10(13)14-7)9-5-3-2-4-8(9)11/h2-5,7H,6,11H2,1H3. The number of cyclic esters (lactones) is 1. The Morgan fingerprint density at radius 3 is 2.79 bits per heavy atom. The summed E-state index contributed by atoms with van der Waals surface area (Å²) in [5.74, 6) is 0. The molecular weight excluding hydrogens is 180 g/mol. The van der Waals surface area contributed by atoms with Crippen molar-refractivity contribution < 1.29 is 9.53 Å². The number of para-hydroxylation sites is 2. The highest BCUT2D eigenvalue weighted by atomic mass is 16.6. The summed E-state index contributed by atoms with van der Waals surface area (Å²) >= 11 is 0. The Labute approximate surface area is 82.3 Å². The van der Waals surface area contributed by atoms with Gasteiger partial charge in [-0.15, -0.1) is 0 Å². The molecule has 0 aliphatic carbocycles. The summed E-state index contributed by atoms with van der Waals surface area (Å²) in [5, 5.41) is 0. The first-order valence-corrected chi connectivity index (χ1v) is 4.51. The predicted molar refractivity (Wildman–Crippen MR) is 54.1 cm³/mol. The Bertz CT molecular complexity index is 365. The molecule has 1 heterocycles. The van der Waals surface area contributed by atoms with E-state index in [1.807, 2.05) is 25.1 Å². The lowest BCUT2D eigenvalue weighted by Gasteiger charge is -2.14. The summed E-state index contributed by atoms with van der Waals surface area (Å²) in [6, 6.07) is 7.27. The number of rotatable bonds is 1. The summed E-state index contributed by atoms with van der Waals surface area (Å²) in [6.07, 6.45) is -0.391. The lowest BCUT2D eigenvalue weighted by Crippen LogP contribution is -2.24. The van der Waals surface area contributed by atoms with Crippen molar-refractivity contribution in [3.8, 4) is 0 Å². The highest BCUT2D eigenvalue weighted by molar-refractivity contribution is 5.93. The van der Waals surface area contributed by atoms with Crippen LogP contribution in [-0.4, -0.2) is 18.7 Å². The molecule has 0 spiro atoms. The van der Waals surface area contributed by atoms with Crippen molar-refractivity contribution >= 4 is 17.5 Å². The first kappa shape index (κ1) is 8.87. The van der Waals surface area contributed by atoms with E-state index in [-0.39, 0.29) is 12.2 Å². The first-order valence-electron chi connectivity index (χ1n) is 4.51. The van der Waals surface area contributed by atoms with Crippen LogP contribution in [0.25, 0.3) is 0 Å². The van der Waals surface area contributed by atoms with E-state index in [2.05, 4.69) is 0 Å². The number of carbonyl (C=O) groups is 1. The van der Waals surface area contributed by atoms with Crippen molar-refractivity contribution in [2.75, 3.05) is 17.2 Å². The SMILES string of the molecule is CC1CN(c2ccccc2N)C(=O)O1. The molecule has 0 radical (unpaired) electrons. The Morgan fingerprint density at radius 1 is 1.50 bits per heavy atom. The van der Waals surface area contributed by atoms with Gasteiger partial charge < -0.3 is 10.5 Å². The van der Waals surface area contributed by atoms with Gasteiger partial charge in [0.1, 0.15) is 6.10 Å². The van der Waals surface area contributed by atoms with Gasteiger partial charge in [0.15, 0.2) is 0 Å². The fraction of sp³-hybridized carbons (Fsp3) is 0.300. The van der Waals surface area contributed by atoms with Gasteiger partial charge in [0.05, 0.1) is 17.9 Å². The van der Waals surface area contributed by atoms with E-state index < -0.39 is 0 Å². The second kappa shape index (κ2) is 3.21. The van der Waals surface area contributed by atoms with Gasteiger partial charge in [-0.1, -0.05) is 12.1 Å². The van der Waals surface area contributed by atoms with Crippen molar-refractivity contribution in [2.45, 2.75) is 13.0 Å². The molecule has 1 aromatic carbocycles. The molecule has 0 saturated carbocycles. The van der Waals surface area contributed by atoms with Crippen LogP contribution in [0.15, 0.2) is 24.3 Å². The molecule has 1 unspecified atom stereocenters. The maximum absolute atomic E-state index is 11.4. The second-order valence-electron chi connectivity index (χ2n) is 3.36. The summed E-state index contributed by atoms with van der Waals surface area (Å²) < 4.78 is 5.01. The number of nitrogen functional groups attached to an aromatic ring is 1. The van der Waals surface area contributed by atoms with Crippen LogP contribution in [0, 0.1) is 0 Å². The molecule has 2 rings (SSSR count). The van der Waals surface area contributed by atoms with Gasteiger partial charge in [0.25, 0.3) is 0 Å². The number of nitrogens with two attached hydrogens (primary N) is 1. The second-order valence-corrected chi connectivity index (χ2v) is 3.36. The molecule has 1 aromatic rings. The lowest BCUT2D eigenvalue weighted by molar-refractivity contribution is 0.150. The Balaban J connectivity index is 2.32. The molecular formula is C10H12N2O2. The Hall–Kier alpha value is -1.71. The molecule has 0 bridgehead atoms. The molecule has 0 aromatic heterocycles. The maximum Gasteiger partial charge on any atom is 0.414 e. The molecule has 1 aliphatic heterocycles. The van der Waals surface area contributed by atoms with Crippen molar-refractivity contribution in [1.82, 2.24) is 0 Å². The monoisotopic (exact) mass is 192 g/mol. The minimum atomic E-state index is -0.324. The molecule has 74 valence electrons. The van der Waals surface area contributed by atoms with Crippen molar-refractivity contribution in [3.05, 3.63) is 24.3 Å². The van der Waals surface area contributed by atoms with E-state index in [0.29, 0.717) is 12.2 Å². The molecule has 1 aliphatic rings. The van der Waals surface area contributed by atoms with Crippen LogP contribution < -0.4 is 10.6 Å². The average molecular weight is 192 g/mol. The van der Waals surface area contributed by atoms with Gasteiger partial charge in [0.2, 0.25) is 0 Å². The fourth-order valence-electron chi connectivity index (χ4n) is 1.53. The number of anilines is 2. The topological polar surface area (TPSA) is 55.6 Å². The van der Waals surface area contributed by atoms with Gasteiger partial charge in [-0.2, -0.15) is 0 Å². The molecule has 2 N–H and O–H groups in total. The zero-order chi connectivity index (χ0) is 10.1. The molecule has 4 heteroatoms. The van der Waals surface area contributed by atoms with E-state index >= 15 is 0 Å². The van der Waals surface area contributed by atoms with Gasteiger partial charge in [-0.25, -0.2) is 4.79 Å². The molecule has 1 amide bonds. The first-order chi connectivity index (χ1) is 6.68. The minimum absolute atomic E-state index is 0.0675. The molecule has 14 heavy (non-hydrogen) atoms. The number of ether oxygens (including phenoxy) is 1. The summed E-state index contributed by atoms with van der Waals surface area (Å²) in [6.45, 7) is 2.42. The third-order valence-electron chi connectivity index (χ3n) is 2.19. The van der Waals surface area contributed by atoms with Crippen molar-refractivity contribution in [2.24, 2.45) is 0 Å². The van der Waals surface area contributed by atoms with Gasteiger partial charge in [0, 0.05) is 0 Å². The summed E-state index contributed by atoms with van der Waals surface area (Å²) in [5.41, 5.74) is 7.08. The average Bonchev–Trinajstić information content (AvgIpc) is 2.46. The third kappa shape index (κ3) is 1.39. The van der Waals surface area contributed by atoms with Gasteiger partial charge >= 0.3 is 6.09 Å². The largest absolute Gasteiger partial charge is 0.444 e. The van der Waals surface area contributed by atoms with E-state index in [1.165, 1.54) is 0 Å². The van der Waals surface area contributed by atoms with Gasteiger partial charge in [-0.3, -0.25) is 4.90 Å². The van der Waals surface area contributed by atoms with Crippen LogP contribution in [0.2, 0.25) is 0 Å². The quantitative estimate of drug-likeness (QED) is 0.688. The minimum Gasteiger partial charge on any atom is -0.444 e. The highest BCUT2D eigenvalue weighted by Crippen LogP contribution is 2.26. The van der Waals surface area contributed by atoms with Crippen LogP contribution in [0.4, 0.5) is 16.2 Å². The number of nitrogens with zero attached hydrogens (tertiary/aromatic N) is 1. The lowest BCUT2D eigenvalue weighted by atomic mass is 10.2. The normalized spacial score (nSPS) is 21.1. The van der Waals surface area contributed by atoms with E-state index in [9.17, 15) is 4.79 Å². The summed E-state index contributed by atoms with van der Waals surface area (Å²) in [7, 11) is 0. The molecule has 1 atom stereocenters. The van der Waals surface area contributed by atoms with Crippen LogP contribution in [-0.2, 0) is 4.74 Å². The number of carbonyl (C=O) groups excluding carboxylic acids is 1. The maximum atomic E-state index is 11.4. The van der Waals surface area contributed by atoms with Gasteiger partial charge in [-0.05, 0) is 19.1 Å². The number of hydrogen-bond acceptors (Lipinski definition) is 3. The number of benzene rings is 1. The smallest absolute Gasteiger partial charge is 0.414 e. The van der Waals surface area contributed by atoms with Crippen molar-refractivity contribution in [1.29, 1.82) is 0 Å². The predicted octanol–water partition coefficient (Wildman–Crippen LogP) is 1.61. The zero-order valence-corrected chi connectivity index (χ0v) is 7.93. The molecule has 1 fully saturated rings. The Morgan fingerprint density at radius 2 is 2.21 bits per heavy atom. The fourth-order valence-corrected chi connectivity index (χ4v) is 1.53. The van der Waals surface area contributed by atoms with E-state index in [1.54, 1.807) is 11.0 Å². The Kier molecular flexibility index (Phi) is 2.04. The zero-order valence-electron chi connectivity index (χ0n) is 7.93. The van der Waals surface area contributed by atoms with Crippen LogP contribution in [0.3, 0.4) is 0 Å². The molecule has 1 saturated heterocycles. The van der Waals surface area contributed by atoms with Crippen LogP contribution >= 0.6 is 0 Å². The van der Waals surface area contributed by atoms with Crippen LogP contribution in [0.1, 0.15) is 6.92 Å². The van der Waals surface area contributed by atoms with Crippen molar-refractivity contribution in [3.63, 3.8) is 0 Å². The van der Waals surface area contributed by atoms with E-state index in [0.717, 1.165) is 5.69 Å². The highest BCUT2D eigenvalue weighted by Gasteiger charge is 2.30. The van der Waals surface area contributed by atoms with E-state index in [4.69, 9.17) is 10.5 Å². The number of amides is 1. The summed E-state index contributed by atoms with van der Waals surface area (Å²) in [4.78, 5) is 12.9.